The molecule has 0 aromatic carbocycles. The summed E-state index contributed by atoms with van der Waals surface area (Å²) in [5.74, 6) is 0. The van der Waals surface area contributed by atoms with E-state index in [0.717, 1.165) is 0 Å². The molecule has 0 heterocycles. The van der Waals surface area contributed by atoms with Gasteiger partial charge < -0.3 is 20.1 Å². The summed E-state index contributed by atoms with van der Waals surface area (Å²) in [4.78, 5) is 0. The minimum atomic E-state index is -0.500. The minimum Gasteiger partial charge on any atom is -0.394 e. The van der Waals surface area contributed by atoms with Gasteiger partial charge in [0.05, 0.1) is 32.0 Å². The Balaban J connectivity index is 0. The molecular formula is C8H20O4. The first-order chi connectivity index (χ1) is 5.41. The van der Waals surface area contributed by atoms with Gasteiger partial charge in [-0.15, -0.1) is 0 Å². The van der Waals surface area contributed by atoms with Crippen LogP contribution in [0.5, 0.6) is 0 Å². The second-order valence-corrected chi connectivity index (χ2v) is 3.23. The van der Waals surface area contributed by atoms with Crippen molar-refractivity contribution in [1.82, 2.24) is 0 Å². The zero-order valence-corrected chi connectivity index (χ0v) is 8.08. The van der Waals surface area contributed by atoms with Crippen molar-refractivity contribution in [3.63, 3.8) is 0 Å². The lowest BCUT2D eigenvalue weighted by Crippen LogP contribution is -2.10. The van der Waals surface area contributed by atoms with Gasteiger partial charge in [-0.1, -0.05) is 0 Å². The van der Waals surface area contributed by atoms with E-state index in [-0.39, 0.29) is 13.2 Å². The molecule has 0 radical (unpaired) electrons. The third kappa shape index (κ3) is 52.1. The molecule has 3 N–H and O–H groups in total. The zero-order chi connectivity index (χ0) is 10.0. The van der Waals surface area contributed by atoms with Crippen LogP contribution in [-0.2, 0) is 4.74 Å². The maximum atomic E-state index is 8.52. The highest BCUT2D eigenvalue weighted by atomic mass is 16.5. The normalized spacial score (nSPS) is 10.5. The smallest absolute Gasteiger partial charge is 0.0698 e. The van der Waals surface area contributed by atoms with Gasteiger partial charge in [-0.2, -0.15) is 0 Å². The van der Waals surface area contributed by atoms with Crippen molar-refractivity contribution in [3.8, 4) is 0 Å². The van der Waals surface area contributed by atoms with E-state index in [9.17, 15) is 0 Å². The molecule has 0 amide bonds. The van der Waals surface area contributed by atoms with E-state index in [0.29, 0.717) is 13.2 Å². The summed E-state index contributed by atoms with van der Waals surface area (Å²) >= 11 is 0. The molecule has 0 aromatic heterocycles. The fraction of sp³-hybridized carbons (Fsp3) is 1.00. The Hall–Kier alpha value is -0.160. The summed E-state index contributed by atoms with van der Waals surface area (Å²) in [6.07, 6.45) is 0. The average Bonchev–Trinajstić information content (AvgIpc) is 1.85. The SMILES string of the molecule is CC(C)(C)O.OCCOCCO. The fourth-order valence-corrected chi connectivity index (χ4v) is 0.231. The van der Waals surface area contributed by atoms with Crippen molar-refractivity contribution in [1.29, 1.82) is 0 Å². The number of rotatable bonds is 4. The van der Waals surface area contributed by atoms with E-state index < -0.39 is 5.60 Å². The highest BCUT2D eigenvalue weighted by Crippen LogP contribution is 1.93. The van der Waals surface area contributed by atoms with E-state index in [1.54, 1.807) is 20.8 Å². The summed E-state index contributed by atoms with van der Waals surface area (Å²) < 4.78 is 4.63. The Bertz CT molecular complexity index is 67.6. The van der Waals surface area contributed by atoms with Crippen LogP contribution in [-0.4, -0.2) is 47.3 Å². The summed E-state index contributed by atoms with van der Waals surface area (Å²) in [5, 5.41) is 24.7. The van der Waals surface area contributed by atoms with Gasteiger partial charge in [-0.05, 0) is 20.8 Å². The topological polar surface area (TPSA) is 69.9 Å². The zero-order valence-electron chi connectivity index (χ0n) is 8.08. The Morgan fingerprint density at radius 2 is 1.25 bits per heavy atom. The molecule has 0 aromatic rings. The molecule has 0 unspecified atom stereocenters. The van der Waals surface area contributed by atoms with Crippen molar-refractivity contribution in [3.05, 3.63) is 0 Å². The van der Waals surface area contributed by atoms with E-state index in [4.69, 9.17) is 15.3 Å². The van der Waals surface area contributed by atoms with E-state index >= 15 is 0 Å². The van der Waals surface area contributed by atoms with Crippen LogP contribution >= 0.6 is 0 Å². The molecule has 0 aliphatic rings. The van der Waals surface area contributed by atoms with Gasteiger partial charge in [0.2, 0.25) is 0 Å². The lowest BCUT2D eigenvalue weighted by Gasteiger charge is -2.04. The van der Waals surface area contributed by atoms with Crippen molar-refractivity contribution in [2.75, 3.05) is 26.4 Å². The van der Waals surface area contributed by atoms with Gasteiger partial charge in [0, 0.05) is 0 Å². The second kappa shape index (κ2) is 8.93. The van der Waals surface area contributed by atoms with Crippen LogP contribution in [0.2, 0.25) is 0 Å². The molecule has 0 spiro atoms. The van der Waals surface area contributed by atoms with Crippen molar-refractivity contribution in [2.45, 2.75) is 26.4 Å². The molecular weight excluding hydrogens is 160 g/mol. The van der Waals surface area contributed by atoms with Crippen LogP contribution in [0.25, 0.3) is 0 Å². The number of aliphatic hydroxyl groups is 3. The third-order valence-electron chi connectivity index (χ3n) is 0.471. The van der Waals surface area contributed by atoms with Crippen LogP contribution in [0.3, 0.4) is 0 Å². The van der Waals surface area contributed by atoms with E-state index in [1.807, 2.05) is 0 Å². The van der Waals surface area contributed by atoms with E-state index in [1.165, 1.54) is 0 Å². The van der Waals surface area contributed by atoms with Gasteiger partial charge in [-0.3, -0.25) is 0 Å². The molecule has 0 saturated carbocycles. The predicted octanol–water partition coefficient (Wildman–Crippen LogP) is -0.235. The van der Waals surface area contributed by atoms with Crippen molar-refractivity contribution < 1.29 is 20.1 Å². The van der Waals surface area contributed by atoms with Gasteiger partial charge in [0.15, 0.2) is 0 Å². The monoisotopic (exact) mass is 180 g/mol. The molecule has 0 aliphatic heterocycles. The Kier molecular flexibility index (Phi) is 10.7. The summed E-state index contributed by atoms with van der Waals surface area (Å²) in [6, 6.07) is 0. The number of hydrogen-bond donors (Lipinski definition) is 3. The highest BCUT2D eigenvalue weighted by molar-refractivity contribution is 4.50. The maximum Gasteiger partial charge on any atom is 0.0698 e. The molecule has 12 heavy (non-hydrogen) atoms. The molecule has 0 saturated heterocycles. The largest absolute Gasteiger partial charge is 0.394 e. The highest BCUT2D eigenvalue weighted by Gasteiger charge is 1.97. The molecule has 76 valence electrons. The molecule has 0 rings (SSSR count). The Morgan fingerprint density at radius 3 is 1.42 bits per heavy atom. The predicted molar refractivity (Wildman–Crippen MR) is 47.0 cm³/mol. The summed E-state index contributed by atoms with van der Waals surface area (Å²) in [5.41, 5.74) is -0.500. The lowest BCUT2D eigenvalue weighted by molar-refractivity contribution is 0.0650. The number of hydrogen-bond acceptors (Lipinski definition) is 4. The molecule has 4 heteroatoms. The van der Waals surface area contributed by atoms with Crippen LogP contribution < -0.4 is 0 Å². The Morgan fingerprint density at radius 1 is 1.00 bits per heavy atom. The molecule has 0 bridgehead atoms. The van der Waals surface area contributed by atoms with Crippen LogP contribution in [0.15, 0.2) is 0 Å². The Labute approximate surface area is 73.8 Å². The molecule has 0 atom stereocenters. The van der Waals surface area contributed by atoms with Crippen LogP contribution in [0.4, 0.5) is 0 Å². The van der Waals surface area contributed by atoms with E-state index in [2.05, 4.69) is 4.74 Å². The van der Waals surface area contributed by atoms with Gasteiger partial charge in [0.25, 0.3) is 0 Å². The standard InChI is InChI=1S/C4H10O3.C4H10O/c5-1-3-7-4-2-6;1-4(2,3)5/h5-6H,1-4H2;5H,1-3H3. The van der Waals surface area contributed by atoms with Crippen molar-refractivity contribution >= 4 is 0 Å². The first-order valence-electron chi connectivity index (χ1n) is 3.93. The molecule has 0 fully saturated rings. The van der Waals surface area contributed by atoms with Crippen molar-refractivity contribution in [2.24, 2.45) is 0 Å². The second-order valence-electron chi connectivity index (χ2n) is 3.23. The quantitative estimate of drug-likeness (QED) is 0.522. The maximum absolute atomic E-state index is 8.52. The fourth-order valence-electron chi connectivity index (χ4n) is 0.231. The number of aliphatic hydroxyl groups excluding tert-OH is 2. The molecule has 0 aliphatic carbocycles. The van der Waals surface area contributed by atoms with Gasteiger partial charge >= 0.3 is 0 Å². The first-order valence-corrected chi connectivity index (χ1v) is 3.93. The molecule has 4 nitrogen and oxygen atoms in total. The van der Waals surface area contributed by atoms with Crippen LogP contribution in [0.1, 0.15) is 20.8 Å². The van der Waals surface area contributed by atoms with Gasteiger partial charge in [-0.25, -0.2) is 0 Å². The third-order valence-corrected chi connectivity index (χ3v) is 0.471. The average molecular weight is 180 g/mol. The summed E-state index contributed by atoms with van der Waals surface area (Å²) in [6.45, 7) is 5.92. The van der Waals surface area contributed by atoms with Gasteiger partial charge in [0.1, 0.15) is 0 Å². The lowest BCUT2D eigenvalue weighted by atomic mass is 10.2. The number of ether oxygens (including phenoxy) is 1. The first kappa shape index (κ1) is 14.4. The van der Waals surface area contributed by atoms with Crippen LogP contribution in [0, 0.1) is 0 Å². The summed E-state index contributed by atoms with van der Waals surface area (Å²) in [7, 11) is 0. The minimum absolute atomic E-state index is 0.0278.